The van der Waals surface area contributed by atoms with Crippen LogP contribution in [0.25, 0.3) is 0 Å². The van der Waals surface area contributed by atoms with Crippen molar-refractivity contribution in [3.05, 3.63) is 48.6 Å². The van der Waals surface area contributed by atoms with Crippen molar-refractivity contribution in [3.63, 3.8) is 0 Å². The molecule has 2 nitrogen and oxygen atoms in total. The molecule has 1 aromatic rings. The molecule has 1 aliphatic heterocycles. The number of hydrogen-bond donors (Lipinski definition) is 1. The molecule has 21 heavy (non-hydrogen) atoms. The Balaban J connectivity index is 2.30. The Morgan fingerprint density at radius 1 is 1.19 bits per heavy atom. The van der Waals surface area contributed by atoms with Gasteiger partial charge in [-0.05, 0) is 52.3 Å². The fraction of sp³-hybridized carbons (Fsp3) is 0.579. The molecule has 0 saturated carbocycles. The van der Waals surface area contributed by atoms with Gasteiger partial charge in [0.1, 0.15) is 0 Å². The Hall–Kier alpha value is -1.12. The molecule has 116 valence electrons. The molecule has 1 aromatic carbocycles. The van der Waals surface area contributed by atoms with E-state index in [-0.39, 0.29) is 11.0 Å². The second-order valence-corrected chi connectivity index (χ2v) is 7.24. The van der Waals surface area contributed by atoms with E-state index in [2.05, 4.69) is 67.9 Å². The standard InChI is InChI=1S/C19H30N2/c1-5-15-21(18(2,3)4)16-19(11-13-20-14-12-19)17-9-7-6-8-10-17/h5-10,20H,1,11-16H2,2-4H3. The first-order chi connectivity index (χ1) is 9.98. The zero-order valence-corrected chi connectivity index (χ0v) is 13.9. The van der Waals surface area contributed by atoms with E-state index in [0.29, 0.717) is 0 Å². The van der Waals surface area contributed by atoms with E-state index < -0.39 is 0 Å². The van der Waals surface area contributed by atoms with Crippen LogP contribution in [0.3, 0.4) is 0 Å². The van der Waals surface area contributed by atoms with Crippen molar-refractivity contribution in [2.75, 3.05) is 26.2 Å². The van der Waals surface area contributed by atoms with Gasteiger partial charge in [-0.1, -0.05) is 36.4 Å². The van der Waals surface area contributed by atoms with Crippen LogP contribution in [-0.2, 0) is 5.41 Å². The largest absolute Gasteiger partial charge is 0.317 e. The van der Waals surface area contributed by atoms with Crippen molar-refractivity contribution in [3.8, 4) is 0 Å². The number of hydrogen-bond acceptors (Lipinski definition) is 2. The summed E-state index contributed by atoms with van der Waals surface area (Å²) in [7, 11) is 0. The lowest BCUT2D eigenvalue weighted by atomic mass is 9.72. The molecule has 0 bridgehead atoms. The Bertz CT molecular complexity index is 438. The van der Waals surface area contributed by atoms with Gasteiger partial charge >= 0.3 is 0 Å². The van der Waals surface area contributed by atoms with Gasteiger partial charge in [-0.25, -0.2) is 0 Å². The molecule has 2 heteroatoms. The topological polar surface area (TPSA) is 15.3 Å². The predicted octanol–water partition coefficient (Wildman–Crippen LogP) is 3.59. The minimum Gasteiger partial charge on any atom is -0.317 e. The SMILES string of the molecule is C=CCN(CC1(c2ccccc2)CCNCC1)C(C)(C)C. The molecule has 0 atom stereocenters. The maximum atomic E-state index is 3.95. The highest BCUT2D eigenvalue weighted by atomic mass is 15.2. The van der Waals surface area contributed by atoms with Crippen molar-refractivity contribution < 1.29 is 0 Å². The summed E-state index contributed by atoms with van der Waals surface area (Å²) in [5.74, 6) is 0. The third-order valence-corrected chi connectivity index (χ3v) is 4.74. The van der Waals surface area contributed by atoms with Crippen molar-refractivity contribution in [2.24, 2.45) is 0 Å². The molecule has 0 unspecified atom stereocenters. The zero-order valence-electron chi connectivity index (χ0n) is 13.9. The predicted molar refractivity (Wildman–Crippen MR) is 91.7 cm³/mol. The normalized spacial score (nSPS) is 18.7. The molecule has 1 N–H and O–H groups in total. The quantitative estimate of drug-likeness (QED) is 0.832. The van der Waals surface area contributed by atoms with Crippen LogP contribution in [0.5, 0.6) is 0 Å². The lowest BCUT2D eigenvalue weighted by Crippen LogP contribution is -2.52. The highest BCUT2D eigenvalue weighted by molar-refractivity contribution is 5.27. The molecular formula is C19H30N2. The zero-order chi connectivity index (χ0) is 15.3. The van der Waals surface area contributed by atoms with E-state index in [1.807, 2.05) is 6.08 Å². The van der Waals surface area contributed by atoms with Crippen LogP contribution in [0, 0.1) is 0 Å². The van der Waals surface area contributed by atoms with Crippen LogP contribution in [0.15, 0.2) is 43.0 Å². The molecule has 0 aliphatic carbocycles. The second-order valence-electron chi connectivity index (χ2n) is 7.24. The maximum Gasteiger partial charge on any atom is 0.0166 e. The molecular weight excluding hydrogens is 256 g/mol. The van der Waals surface area contributed by atoms with E-state index in [1.54, 1.807) is 0 Å². The van der Waals surface area contributed by atoms with Gasteiger partial charge in [0.05, 0.1) is 0 Å². The van der Waals surface area contributed by atoms with Crippen LogP contribution in [0.4, 0.5) is 0 Å². The van der Waals surface area contributed by atoms with Crippen LogP contribution < -0.4 is 5.32 Å². The van der Waals surface area contributed by atoms with E-state index in [0.717, 1.165) is 26.2 Å². The van der Waals surface area contributed by atoms with Gasteiger partial charge < -0.3 is 5.32 Å². The van der Waals surface area contributed by atoms with Crippen LogP contribution >= 0.6 is 0 Å². The lowest BCUT2D eigenvalue weighted by molar-refractivity contribution is 0.100. The smallest absolute Gasteiger partial charge is 0.0166 e. The van der Waals surface area contributed by atoms with Gasteiger partial charge in [-0.2, -0.15) is 0 Å². The fourth-order valence-electron chi connectivity index (χ4n) is 3.33. The number of nitrogens with zero attached hydrogens (tertiary/aromatic N) is 1. The number of nitrogens with one attached hydrogen (secondary N) is 1. The van der Waals surface area contributed by atoms with Crippen molar-refractivity contribution >= 4 is 0 Å². The first kappa shape index (κ1) is 16.3. The minimum atomic E-state index is 0.168. The van der Waals surface area contributed by atoms with Gasteiger partial charge in [-0.15, -0.1) is 6.58 Å². The average Bonchev–Trinajstić information content (AvgIpc) is 2.48. The van der Waals surface area contributed by atoms with Crippen LogP contribution in [0.1, 0.15) is 39.2 Å². The van der Waals surface area contributed by atoms with Crippen molar-refractivity contribution in [1.82, 2.24) is 10.2 Å². The molecule has 0 radical (unpaired) electrons. The van der Waals surface area contributed by atoms with Crippen molar-refractivity contribution in [2.45, 2.75) is 44.6 Å². The van der Waals surface area contributed by atoms with Gasteiger partial charge in [0, 0.05) is 24.0 Å². The highest BCUT2D eigenvalue weighted by Crippen LogP contribution is 2.36. The average molecular weight is 286 g/mol. The van der Waals surface area contributed by atoms with E-state index in [9.17, 15) is 0 Å². The summed E-state index contributed by atoms with van der Waals surface area (Å²) in [5.41, 5.74) is 1.92. The number of piperidine rings is 1. The molecule has 2 rings (SSSR count). The first-order valence-corrected chi connectivity index (χ1v) is 8.10. The Labute approximate surface area is 130 Å². The minimum absolute atomic E-state index is 0.168. The summed E-state index contributed by atoms with van der Waals surface area (Å²) in [6.07, 6.45) is 4.45. The van der Waals surface area contributed by atoms with E-state index >= 15 is 0 Å². The van der Waals surface area contributed by atoms with E-state index in [1.165, 1.54) is 18.4 Å². The second kappa shape index (κ2) is 6.76. The van der Waals surface area contributed by atoms with E-state index in [4.69, 9.17) is 0 Å². The maximum absolute atomic E-state index is 3.95. The summed E-state index contributed by atoms with van der Waals surface area (Å²) < 4.78 is 0. The Morgan fingerprint density at radius 3 is 2.33 bits per heavy atom. The molecule has 0 spiro atoms. The molecule has 0 amide bonds. The number of benzene rings is 1. The van der Waals surface area contributed by atoms with Crippen LogP contribution in [0.2, 0.25) is 0 Å². The molecule has 1 aliphatic rings. The summed E-state index contributed by atoms with van der Waals surface area (Å²) in [4.78, 5) is 2.57. The third-order valence-electron chi connectivity index (χ3n) is 4.74. The van der Waals surface area contributed by atoms with Crippen LogP contribution in [-0.4, -0.2) is 36.6 Å². The van der Waals surface area contributed by atoms with Crippen molar-refractivity contribution in [1.29, 1.82) is 0 Å². The third kappa shape index (κ3) is 3.96. The Kier molecular flexibility index (Phi) is 5.23. The Morgan fingerprint density at radius 2 is 1.81 bits per heavy atom. The first-order valence-electron chi connectivity index (χ1n) is 8.10. The van der Waals surface area contributed by atoms with Gasteiger partial charge in [-0.3, -0.25) is 4.90 Å². The summed E-state index contributed by atoms with van der Waals surface area (Å²) in [6, 6.07) is 11.1. The van der Waals surface area contributed by atoms with Gasteiger partial charge in [0.15, 0.2) is 0 Å². The number of rotatable bonds is 5. The fourth-order valence-corrected chi connectivity index (χ4v) is 3.33. The van der Waals surface area contributed by atoms with Gasteiger partial charge in [0.2, 0.25) is 0 Å². The highest BCUT2D eigenvalue weighted by Gasteiger charge is 2.37. The summed E-state index contributed by atoms with van der Waals surface area (Å²) in [6.45, 7) is 15.1. The molecule has 1 fully saturated rings. The molecule has 0 aromatic heterocycles. The summed E-state index contributed by atoms with van der Waals surface area (Å²) >= 11 is 0. The monoisotopic (exact) mass is 286 g/mol. The lowest BCUT2D eigenvalue weighted by Gasteiger charge is -2.46. The molecule has 1 heterocycles. The summed E-state index contributed by atoms with van der Waals surface area (Å²) in [5, 5.41) is 3.51. The van der Waals surface area contributed by atoms with Gasteiger partial charge in [0.25, 0.3) is 0 Å². The molecule has 1 saturated heterocycles.